The largest absolute Gasteiger partial charge is 0.439 e. The Labute approximate surface area is 99.1 Å². The van der Waals surface area contributed by atoms with Crippen molar-refractivity contribution < 1.29 is 9.13 Å². The summed E-state index contributed by atoms with van der Waals surface area (Å²) >= 11 is 0. The highest BCUT2D eigenvalue weighted by atomic mass is 19.1. The number of aromatic nitrogens is 1. The van der Waals surface area contributed by atoms with E-state index in [1.165, 1.54) is 12.1 Å². The van der Waals surface area contributed by atoms with Crippen molar-refractivity contribution in [3.8, 4) is 11.6 Å². The first kappa shape index (κ1) is 11.5. The normalized spacial score (nSPS) is 10.3. The van der Waals surface area contributed by atoms with Crippen molar-refractivity contribution in [2.24, 2.45) is 5.73 Å². The van der Waals surface area contributed by atoms with Crippen molar-refractivity contribution >= 4 is 0 Å². The number of ether oxygens (including phenoxy) is 1. The first-order valence-electron chi connectivity index (χ1n) is 5.28. The van der Waals surface area contributed by atoms with Crippen LogP contribution in [0.1, 0.15) is 11.1 Å². The van der Waals surface area contributed by atoms with E-state index in [4.69, 9.17) is 10.5 Å². The van der Waals surface area contributed by atoms with Gasteiger partial charge in [-0.2, -0.15) is 0 Å². The Morgan fingerprint density at radius 1 is 1.24 bits per heavy atom. The highest BCUT2D eigenvalue weighted by Gasteiger charge is 2.07. The van der Waals surface area contributed by atoms with E-state index in [0.717, 1.165) is 11.1 Å². The molecule has 2 N–H and O–H groups in total. The summed E-state index contributed by atoms with van der Waals surface area (Å²) in [4.78, 5) is 4.13. The van der Waals surface area contributed by atoms with Crippen LogP contribution < -0.4 is 10.5 Å². The van der Waals surface area contributed by atoms with E-state index >= 15 is 0 Å². The van der Waals surface area contributed by atoms with Crippen LogP contribution in [0.5, 0.6) is 11.6 Å². The molecule has 0 saturated heterocycles. The lowest BCUT2D eigenvalue weighted by molar-refractivity contribution is 0.454. The second kappa shape index (κ2) is 4.93. The van der Waals surface area contributed by atoms with Gasteiger partial charge in [-0.05, 0) is 42.8 Å². The maximum Gasteiger partial charge on any atom is 0.223 e. The molecule has 1 aromatic heterocycles. The van der Waals surface area contributed by atoms with Gasteiger partial charge in [-0.15, -0.1) is 0 Å². The minimum atomic E-state index is -0.298. The molecule has 17 heavy (non-hydrogen) atoms. The molecule has 0 saturated carbocycles. The summed E-state index contributed by atoms with van der Waals surface area (Å²) in [6.45, 7) is 2.30. The van der Waals surface area contributed by atoms with Crippen LogP contribution in [0.25, 0.3) is 0 Å². The minimum Gasteiger partial charge on any atom is -0.439 e. The Morgan fingerprint density at radius 2 is 1.94 bits per heavy atom. The van der Waals surface area contributed by atoms with Gasteiger partial charge in [0.2, 0.25) is 5.88 Å². The Hall–Kier alpha value is -1.94. The van der Waals surface area contributed by atoms with Crippen LogP contribution in [0.4, 0.5) is 4.39 Å². The summed E-state index contributed by atoms with van der Waals surface area (Å²) < 4.78 is 18.3. The third-order valence-electron chi connectivity index (χ3n) is 2.48. The molecule has 1 heterocycles. The number of nitrogens with two attached hydrogens (primary N) is 1. The molecular weight excluding hydrogens is 219 g/mol. The SMILES string of the molecule is Cc1ccnc(Oc2ccc(F)cc2)c1CN. The molecule has 2 aromatic rings. The van der Waals surface area contributed by atoms with Gasteiger partial charge in [0, 0.05) is 18.3 Å². The number of benzene rings is 1. The summed E-state index contributed by atoms with van der Waals surface area (Å²) in [6, 6.07) is 7.67. The number of pyridine rings is 1. The third kappa shape index (κ3) is 2.60. The summed E-state index contributed by atoms with van der Waals surface area (Å²) in [5, 5.41) is 0. The molecule has 0 aliphatic carbocycles. The second-order valence-electron chi connectivity index (χ2n) is 3.67. The van der Waals surface area contributed by atoms with Gasteiger partial charge in [0.25, 0.3) is 0 Å². The van der Waals surface area contributed by atoms with Gasteiger partial charge in [0.05, 0.1) is 0 Å². The van der Waals surface area contributed by atoms with Crippen molar-refractivity contribution in [1.29, 1.82) is 0 Å². The van der Waals surface area contributed by atoms with Gasteiger partial charge in [-0.3, -0.25) is 0 Å². The zero-order chi connectivity index (χ0) is 12.3. The Kier molecular flexibility index (Phi) is 3.35. The van der Waals surface area contributed by atoms with Crippen LogP contribution in [0, 0.1) is 12.7 Å². The second-order valence-corrected chi connectivity index (χ2v) is 3.67. The molecule has 0 atom stereocenters. The smallest absolute Gasteiger partial charge is 0.223 e. The fourth-order valence-electron chi connectivity index (χ4n) is 1.51. The van der Waals surface area contributed by atoms with E-state index in [-0.39, 0.29) is 5.82 Å². The summed E-state index contributed by atoms with van der Waals surface area (Å²) in [7, 11) is 0. The van der Waals surface area contributed by atoms with E-state index in [0.29, 0.717) is 18.2 Å². The minimum absolute atomic E-state index is 0.298. The number of hydrogen-bond acceptors (Lipinski definition) is 3. The number of halogens is 1. The maximum absolute atomic E-state index is 12.7. The van der Waals surface area contributed by atoms with Crippen LogP contribution in [0.2, 0.25) is 0 Å². The molecule has 0 amide bonds. The average molecular weight is 232 g/mol. The van der Waals surface area contributed by atoms with Crippen LogP contribution in [0.15, 0.2) is 36.5 Å². The topological polar surface area (TPSA) is 48.1 Å². The number of aryl methyl sites for hydroxylation is 1. The van der Waals surface area contributed by atoms with Crippen LogP contribution in [-0.4, -0.2) is 4.98 Å². The van der Waals surface area contributed by atoms with Gasteiger partial charge < -0.3 is 10.5 Å². The zero-order valence-electron chi connectivity index (χ0n) is 9.48. The summed E-state index contributed by atoms with van der Waals surface area (Å²) in [5.74, 6) is 0.715. The quantitative estimate of drug-likeness (QED) is 0.885. The fraction of sp³-hybridized carbons (Fsp3) is 0.154. The van der Waals surface area contributed by atoms with Crippen LogP contribution in [0.3, 0.4) is 0 Å². The van der Waals surface area contributed by atoms with Crippen LogP contribution in [-0.2, 0) is 6.54 Å². The molecular formula is C13H13FN2O. The first-order valence-corrected chi connectivity index (χ1v) is 5.28. The molecule has 3 nitrogen and oxygen atoms in total. The van der Waals surface area contributed by atoms with Gasteiger partial charge in [-0.1, -0.05) is 0 Å². The Morgan fingerprint density at radius 3 is 2.59 bits per heavy atom. The predicted molar refractivity (Wildman–Crippen MR) is 63.3 cm³/mol. The Balaban J connectivity index is 2.29. The highest BCUT2D eigenvalue weighted by Crippen LogP contribution is 2.24. The zero-order valence-corrected chi connectivity index (χ0v) is 9.48. The molecule has 1 aromatic carbocycles. The van der Waals surface area contributed by atoms with Crippen molar-refractivity contribution in [2.45, 2.75) is 13.5 Å². The lowest BCUT2D eigenvalue weighted by Gasteiger charge is -2.10. The van der Waals surface area contributed by atoms with E-state index in [1.54, 1.807) is 18.3 Å². The van der Waals surface area contributed by atoms with Crippen molar-refractivity contribution in [2.75, 3.05) is 0 Å². The molecule has 88 valence electrons. The monoisotopic (exact) mass is 232 g/mol. The summed E-state index contributed by atoms with van der Waals surface area (Å²) in [5.41, 5.74) is 7.53. The van der Waals surface area contributed by atoms with Gasteiger partial charge in [0.1, 0.15) is 11.6 Å². The van der Waals surface area contributed by atoms with Gasteiger partial charge in [-0.25, -0.2) is 9.37 Å². The standard InChI is InChI=1S/C13H13FN2O/c1-9-6-7-16-13(12(9)8-15)17-11-4-2-10(14)3-5-11/h2-7H,8,15H2,1H3. The van der Waals surface area contributed by atoms with Crippen LogP contribution >= 0.6 is 0 Å². The molecule has 2 rings (SSSR count). The molecule has 0 aliphatic heterocycles. The van der Waals surface area contributed by atoms with Crippen molar-refractivity contribution in [3.05, 3.63) is 53.5 Å². The molecule has 0 bridgehead atoms. The maximum atomic E-state index is 12.7. The lowest BCUT2D eigenvalue weighted by Crippen LogP contribution is -2.03. The van der Waals surface area contributed by atoms with E-state index in [1.807, 2.05) is 13.0 Å². The van der Waals surface area contributed by atoms with E-state index in [2.05, 4.69) is 4.98 Å². The highest BCUT2D eigenvalue weighted by molar-refractivity contribution is 5.36. The molecule has 0 fully saturated rings. The predicted octanol–water partition coefficient (Wildman–Crippen LogP) is 2.78. The molecule has 0 aliphatic rings. The number of rotatable bonds is 3. The lowest BCUT2D eigenvalue weighted by atomic mass is 10.1. The van der Waals surface area contributed by atoms with E-state index in [9.17, 15) is 4.39 Å². The fourth-order valence-corrected chi connectivity index (χ4v) is 1.51. The average Bonchev–Trinajstić information content (AvgIpc) is 2.32. The van der Waals surface area contributed by atoms with E-state index < -0.39 is 0 Å². The van der Waals surface area contributed by atoms with Gasteiger partial charge >= 0.3 is 0 Å². The third-order valence-corrected chi connectivity index (χ3v) is 2.48. The molecule has 0 unspecified atom stereocenters. The van der Waals surface area contributed by atoms with Crippen molar-refractivity contribution in [3.63, 3.8) is 0 Å². The molecule has 0 radical (unpaired) electrons. The number of nitrogens with zero attached hydrogens (tertiary/aromatic N) is 1. The first-order chi connectivity index (χ1) is 8.20. The van der Waals surface area contributed by atoms with Gasteiger partial charge in [0.15, 0.2) is 0 Å². The Bertz CT molecular complexity index is 511. The van der Waals surface area contributed by atoms with Crippen molar-refractivity contribution in [1.82, 2.24) is 4.98 Å². The molecule has 4 heteroatoms. The summed E-state index contributed by atoms with van der Waals surface area (Å²) in [6.07, 6.45) is 1.66. The molecule has 0 spiro atoms. The number of hydrogen-bond donors (Lipinski definition) is 1.